The van der Waals surface area contributed by atoms with E-state index in [0.29, 0.717) is 0 Å². The van der Waals surface area contributed by atoms with Crippen LogP contribution in [0.4, 0.5) is 5.69 Å². The molecular weight excluding hydrogens is 258 g/mol. The van der Waals surface area contributed by atoms with Crippen molar-refractivity contribution in [1.29, 1.82) is 0 Å². The second kappa shape index (κ2) is 5.01. The van der Waals surface area contributed by atoms with E-state index in [1.165, 1.54) is 14.2 Å². The van der Waals surface area contributed by atoms with Gasteiger partial charge in [0.05, 0.1) is 19.1 Å². The minimum atomic E-state index is -0.743. The topological polar surface area (TPSA) is 97.1 Å². The Balaban J connectivity index is 2.72. The first-order valence-corrected chi connectivity index (χ1v) is 5.33. The van der Waals surface area contributed by atoms with Crippen molar-refractivity contribution in [2.75, 3.05) is 27.4 Å². The quantitative estimate of drug-likeness (QED) is 0.461. The molecule has 0 aromatic heterocycles. The van der Waals surface area contributed by atoms with Gasteiger partial charge >= 0.3 is 11.7 Å². The fourth-order valence-electron chi connectivity index (χ4n) is 1.77. The number of esters is 1. The summed E-state index contributed by atoms with van der Waals surface area (Å²) in [5, 5.41) is 11.0. The summed E-state index contributed by atoms with van der Waals surface area (Å²) in [6, 6.07) is 1.05. The Labute approximate surface area is 108 Å². The summed E-state index contributed by atoms with van der Waals surface area (Å²) in [4.78, 5) is 22.0. The van der Waals surface area contributed by atoms with Crippen molar-refractivity contribution >= 4 is 11.7 Å². The van der Waals surface area contributed by atoms with E-state index in [-0.39, 0.29) is 41.7 Å². The number of carbonyl (C=O) groups is 1. The second-order valence-electron chi connectivity index (χ2n) is 3.58. The van der Waals surface area contributed by atoms with E-state index in [4.69, 9.17) is 14.2 Å². The summed E-state index contributed by atoms with van der Waals surface area (Å²) in [5.41, 5.74) is -0.447. The fraction of sp³-hybridized carbons (Fsp3) is 0.364. The molecule has 1 heterocycles. The number of rotatable bonds is 3. The first kappa shape index (κ1) is 12.9. The molecule has 0 bridgehead atoms. The lowest BCUT2D eigenvalue weighted by Crippen LogP contribution is -2.19. The number of benzene rings is 1. The first-order chi connectivity index (χ1) is 9.10. The average molecular weight is 269 g/mol. The van der Waals surface area contributed by atoms with Gasteiger partial charge in [-0.2, -0.15) is 0 Å². The zero-order valence-corrected chi connectivity index (χ0v) is 10.3. The van der Waals surface area contributed by atoms with Crippen LogP contribution in [0, 0.1) is 10.1 Å². The molecule has 0 radical (unpaired) electrons. The van der Waals surface area contributed by atoms with E-state index in [0.717, 1.165) is 6.07 Å². The highest BCUT2D eigenvalue weighted by Gasteiger charge is 2.32. The highest BCUT2D eigenvalue weighted by molar-refractivity contribution is 5.95. The highest BCUT2D eigenvalue weighted by Crippen LogP contribution is 2.47. The van der Waals surface area contributed by atoms with Crippen molar-refractivity contribution in [3.63, 3.8) is 0 Å². The van der Waals surface area contributed by atoms with Crippen LogP contribution in [0.25, 0.3) is 0 Å². The van der Waals surface area contributed by atoms with Gasteiger partial charge in [-0.25, -0.2) is 4.79 Å². The Kier molecular flexibility index (Phi) is 3.41. The monoisotopic (exact) mass is 269 g/mol. The van der Waals surface area contributed by atoms with Gasteiger partial charge in [-0.15, -0.1) is 0 Å². The van der Waals surface area contributed by atoms with Gasteiger partial charge in [-0.05, 0) is 0 Å². The molecule has 0 fully saturated rings. The molecular formula is C11H11NO7. The number of hydrogen-bond donors (Lipinski definition) is 0. The number of fused-ring (bicyclic) bond motifs is 1. The minimum absolute atomic E-state index is 0.0448. The summed E-state index contributed by atoms with van der Waals surface area (Å²) >= 11 is 0. The van der Waals surface area contributed by atoms with Crippen LogP contribution >= 0.6 is 0 Å². The molecule has 0 saturated heterocycles. The molecule has 1 aliphatic rings. The van der Waals surface area contributed by atoms with Crippen LogP contribution in [-0.2, 0) is 4.74 Å². The molecule has 19 heavy (non-hydrogen) atoms. The fourth-order valence-corrected chi connectivity index (χ4v) is 1.77. The molecule has 8 heteroatoms. The Morgan fingerprint density at radius 2 is 1.95 bits per heavy atom. The van der Waals surface area contributed by atoms with Crippen LogP contribution in [0.2, 0.25) is 0 Å². The Hall–Kier alpha value is -2.51. The summed E-state index contributed by atoms with van der Waals surface area (Å²) in [5.74, 6) is -0.677. The minimum Gasteiger partial charge on any atom is -0.487 e. The van der Waals surface area contributed by atoms with Gasteiger partial charge in [0.2, 0.25) is 11.5 Å². The van der Waals surface area contributed by atoms with Crippen LogP contribution in [-0.4, -0.2) is 38.3 Å². The molecule has 0 aliphatic carbocycles. The maximum absolute atomic E-state index is 11.6. The number of ether oxygens (including phenoxy) is 4. The number of nitro groups is 1. The molecule has 8 nitrogen and oxygen atoms in total. The van der Waals surface area contributed by atoms with Gasteiger partial charge in [0.15, 0.2) is 5.75 Å². The molecule has 0 amide bonds. The van der Waals surface area contributed by atoms with E-state index >= 15 is 0 Å². The average Bonchev–Trinajstić information content (AvgIpc) is 2.44. The standard InChI is InChI=1S/C11H11NO7/c1-16-9-7(12(14)15)5-6(11(13)17-2)8-10(9)19-4-3-18-8/h5H,3-4H2,1-2H3. The lowest BCUT2D eigenvalue weighted by Gasteiger charge is -2.22. The molecule has 1 aliphatic heterocycles. The van der Waals surface area contributed by atoms with Crippen molar-refractivity contribution in [1.82, 2.24) is 0 Å². The van der Waals surface area contributed by atoms with Crippen molar-refractivity contribution < 1.29 is 28.7 Å². The summed E-state index contributed by atoms with van der Waals surface area (Å²) in [7, 11) is 2.45. The summed E-state index contributed by atoms with van der Waals surface area (Å²) in [6.07, 6.45) is 0. The normalized spacial score (nSPS) is 12.7. The predicted molar refractivity (Wildman–Crippen MR) is 62.0 cm³/mol. The molecule has 0 unspecified atom stereocenters. The SMILES string of the molecule is COC(=O)c1cc([N+](=O)[O-])c(OC)c2c1OCCO2. The number of carbonyl (C=O) groups excluding carboxylic acids is 1. The number of hydrogen-bond acceptors (Lipinski definition) is 7. The van der Waals surface area contributed by atoms with Crippen molar-refractivity contribution in [2.45, 2.75) is 0 Å². The van der Waals surface area contributed by atoms with Gasteiger partial charge in [-0.3, -0.25) is 10.1 Å². The summed E-state index contributed by atoms with van der Waals surface area (Å²) < 4.78 is 20.2. The van der Waals surface area contributed by atoms with E-state index < -0.39 is 10.9 Å². The smallest absolute Gasteiger partial charge is 0.342 e. The van der Waals surface area contributed by atoms with Gasteiger partial charge in [-0.1, -0.05) is 0 Å². The number of nitro benzene ring substituents is 1. The van der Waals surface area contributed by atoms with Crippen LogP contribution < -0.4 is 14.2 Å². The maximum Gasteiger partial charge on any atom is 0.342 e. The molecule has 102 valence electrons. The van der Waals surface area contributed by atoms with Gasteiger partial charge in [0.1, 0.15) is 18.8 Å². The van der Waals surface area contributed by atoms with Crippen LogP contribution in [0.5, 0.6) is 17.2 Å². The first-order valence-electron chi connectivity index (χ1n) is 5.33. The van der Waals surface area contributed by atoms with Crippen LogP contribution in [0.1, 0.15) is 10.4 Å². The van der Waals surface area contributed by atoms with Crippen molar-refractivity contribution in [3.05, 3.63) is 21.7 Å². The van der Waals surface area contributed by atoms with Gasteiger partial charge in [0, 0.05) is 6.07 Å². The number of methoxy groups -OCH3 is 2. The van der Waals surface area contributed by atoms with Gasteiger partial charge in [0.25, 0.3) is 0 Å². The largest absolute Gasteiger partial charge is 0.487 e. The van der Waals surface area contributed by atoms with Crippen molar-refractivity contribution in [3.8, 4) is 17.2 Å². The Morgan fingerprint density at radius 3 is 2.47 bits per heavy atom. The lowest BCUT2D eigenvalue weighted by atomic mass is 10.1. The third-order valence-corrected chi connectivity index (χ3v) is 2.55. The van der Waals surface area contributed by atoms with E-state index in [1.807, 2.05) is 0 Å². The predicted octanol–water partition coefficient (Wildman–Crippen LogP) is 1.16. The highest BCUT2D eigenvalue weighted by atomic mass is 16.6. The Bertz CT molecular complexity index is 540. The molecule has 2 rings (SSSR count). The van der Waals surface area contributed by atoms with Crippen LogP contribution in [0.3, 0.4) is 0 Å². The molecule has 0 spiro atoms. The molecule has 0 saturated carbocycles. The van der Waals surface area contributed by atoms with E-state index in [9.17, 15) is 14.9 Å². The van der Waals surface area contributed by atoms with Gasteiger partial charge < -0.3 is 18.9 Å². The third-order valence-electron chi connectivity index (χ3n) is 2.55. The van der Waals surface area contributed by atoms with E-state index in [1.54, 1.807) is 0 Å². The summed E-state index contributed by atoms with van der Waals surface area (Å²) in [6.45, 7) is 0.448. The third kappa shape index (κ3) is 2.12. The maximum atomic E-state index is 11.6. The molecule has 0 N–H and O–H groups in total. The zero-order chi connectivity index (χ0) is 14.0. The van der Waals surface area contributed by atoms with Crippen LogP contribution in [0.15, 0.2) is 6.07 Å². The van der Waals surface area contributed by atoms with Crippen molar-refractivity contribution in [2.24, 2.45) is 0 Å². The Morgan fingerprint density at radius 1 is 1.32 bits per heavy atom. The molecule has 0 atom stereocenters. The van der Waals surface area contributed by atoms with E-state index in [2.05, 4.69) is 4.74 Å². The molecule has 1 aromatic carbocycles. The second-order valence-corrected chi connectivity index (χ2v) is 3.58. The number of nitrogens with zero attached hydrogens (tertiary/aromatic N) is 1. The zero-order valence-electron chi connectivity index (χ0n) is 10.3. The molecule has 1 aromatic rings. The lowest BCUT2D eigenvalue weighted by molar-refractivity contribution is -0.385.